The zero-order valence-corrected chi connectivity index (χ0v) is 21.3. The van der Waals surface area contributed by atoms with Crippen LogP contribution in [-0.4, -0.2) is 28.0 Å². The van der Waals surface area contributed by atoms with Crippen molar-refractivity contribution in [3.8, 4) is 10.4 Å². The molecule has 0 atom stereocenters. The van der Waals surface area contributed by atoms with Crippen LogP contribution in [0.15, 0.2) is 71.3 Å². The van der Waals surface area contributed by atoms with E-state index in [0.717, 1.165) is 20.5 Å². The van der Waals surface area contributed by atoms with Crippen molar-refractivity contribution in [1.82, 2.24) is 9.78 Å². The maximum absolute atomic E-state index is 12.3. The quantitative estimate of drug-likeness (QED) is 0.202. The highest BCUT2D eigenvalue weighted by molar-refractivity contribution is 9.10. The molecular weight excluding hydrogens is 544 g/mol. The van der Waals surface area contributed by atoms with Gasteiger partial charge in [0.1, 0.15) is 5.00 Å². The summed E-state index contributed by atoms with van der Waals surface area (Å²) in [5.74, 6) is 0.119. The topological polar surface area (TPSA) is 68.2 Å². The molecule has 168 valence electrons. The SMILES string of the molecule is COC(=O)c1cc(-c2ccccc2)sc1NC(=S)Nc1nn(Cc2ccc(Cl)cc2)cc1Br. The fraction of sp³-hybridized carbons (Fsp3) is 0.0870. The number of thiophene rings is 1. The van der Waals surface area contributed by atoms with Crippen LogP contribution in [0.1, 0.15) is 15.9 Å². The van der Waals surface area contributed by atoms with E-state index in [0.29, 0.717) is 33.1 Å². The zero-order chi connectivity index (χ0) is 23.4. The number of benzene rings is 2. The number of nitrogens with zero attached hydrogens (tertiary/aromatic N) is 2. The van der Waals surface area contributed by atoms with Crippen LogP contribution in [-0.2, 0) is 11.3 Å². The van der Waals surface area contributed by atoms with Gasteiger partial charge in [0, 0.05) is 16.1 Å². The van der Waals surface area contributed by atoms with E-state index >= 15 is 0 Å². The number of aromatic nitrogens is 2. The van der Waals surface area contributed by atoms with Gasteiger partial charge < -0.3 is 15.4 Å². The predicted octanol–water partition coefficient (Wildman–Crippen LogP) is 6.67. The number of rotatable bonds is 6. The number of carbonyl (C=O) groups is 1. The molecule has 2 aromatic heterocycles. The smallest absolute Gasteiger partial charge is 0.340 e. The standard InChI is InChI=1S/C23H18BrClN4O2S2/c1-31-22(30)17-11-19(15-5-3-2-4-6-15)33-21(17)27-23(32)26-20-18(24)13-29(28-20)12-14-7-9-16(25)10-8-14/h2-11,13H,12H2,1H3,(H2,26,27,28,32). The Morgan fingerprint density at radius 1 is 1.18 bits per heavy atom. The molecule has 0 radical (unpaired) electrons. The van der Waals surface area contributed by atoms with Gasteiger partial charge in [-0.2, -0.15) is 5.10 Å². The first-order valence-electron chi connectivity index (χ1n) is 9.76. The lowest BCUT2D eigenvalue weighted by Gasteiger charge is -2.09. The lowest BCUT2D eigenvalue weighted by atomic mass is 10.1. The van der Waals surface area contributed by atoms with Gasteiger partial charge in [0.15, 0.2) is 10.9 Å². The summed E-state index contributed by atoms with van der Waals surface area (Å²) < 4.78 is 7.49. The molecule has 2 N–H and O–H groups in total. The largest absolute Gasteiger partial charge is 0.465 e. The number of carbonyl (C=O) groups excluding carboxylic acids is 1. The first-order chi connectivity index (χ1) is 15.9. The monoisotopic (exact) mass is 560 g/mol. The molecule has 0 saturated heterocycles. The van der Waals surface area contributed by atoms with E-state index in [9.17, 15) is 4.79 Å². The number of anilines is 2. The Morgan fingerprint density at radius 2 is 1.91 bits per heavy atom. The number of thiocarbonyl (C=S) groups is 1. The highest BCUT2D eigenvalue weighted by atomic mass is 79.9. The highest BCUT2D eigenvalue weighted by Crippen LogP contribution is 2.36. The molecule has 0 fully saturated rings. The van der Waals surface area contributed by atoms with Crippen LogP contribution in [0.25, 0.3) is 10.4 Å². The van der Waals surface area contributed by atoms with Crippen molar-refractivity contribution >= 4 is 73.0 Å². The van der Waals surface area contributed by atoms with Crippen LogP contribution in [0.4, 0.5) is 10.8 Å². The van der Waals surface area contributed by atoms with Gasteiger partial charge in [0.25, 0.3) is 0 Å². The molecule has 33 heavy (non-hydrogen) atoms. The van der Waals surface area contributed by atoms with Crippen LogP contribution < -0.4 is 10.6 Å². The Balaban J connectivity index is 1.49. The zero-order valence-electron chi connectivity index (χ0n) is 17.3. The van der Waals surface area contributed by atoms with Gasteiger partial charge in [-0.25, -0.2) is 4.79 Å². The summed E-state index contributed by atoms with van der Waals surface area (Å²) in [6.07, 6.45) is 1.86. The van der Waals surface area contributed by atoms with Crippen LogP contribution in [0.5, 0.6) is 0 Å². The van der Waals surface area contributed by atoms with Gasteiger partial charge in [0.05, 0.1) is 23.7 Å². The van der Waals surface area contributed by atoms with Crippen molar-refractivity contribution in [3.63, 3.8) is 0 Å². The van der Waals surface area contributed by atoms with Crippen LogP contribution in [0, 0.1) is 0 Å². The predicted molar refractivity (Wildman–Crippen MR) is 141 cm³/mol. The lowest BCUT2D eigenvalue weighted by Crippen LogP contribution is -2.20. The first-order valence-corrected chi connectivity index (χ1v) is 12.2. The third-order valence-corrected chi connectivity index (χ3v) is 6.77. The Labute approximate surface area is 213 Å². The van der Waals surface area contributed by atoms with Crippen molar-refractivity contribution in [1.29, 1.82) is 0 Å². The summed E-state index contributed by atoms with van der Waals surface area (Å²) in [7, 11) is 1.35. The molecule has 0 aliphatic carbocycles. The minimum atomic E-state index is -0.438. The van der Waals surface area contributed by atoms with Crippen molar-refractivity contribution in [2.45, 2.75) is 6.54 Å². The summed E-state index contributed by atoms with van der Waals surface area (Å²) in [6, 6.07) is 19.2. The fourth-order valence-corrected chi connectivity index (χ4v) is 4.93. The van der Waals surface area contributed by atoms with E-state index in [2.05, 4.69) is 31.7 Å². The Kier molecular flexibility index (Phi) is 7.44. The van der Waals surface area contributed by atoms with Gasteiger partial charge in [-0.1, -0.05) is 54.1 Å². The van der Waals surface area contributed by atoms with Crippen molar-refractivity contribution in [2.24, 2.45) is 0 Å². The molecule has 6 nitrogen and oxygen atoms in total. The van der Waals surface area contributed by atoms with E-state index in [-0.39, 0.29) is 0 Å². The van der Waals surface area contributed by atoms with E-state index in [1.54, 1.807) is 10.7 Å². The minimum Gasteiger partial charge on any atom is -0.465 e. The Hall–Kier alpha value is -2.72. The molecule has 0 spiro atoms. The van der Waals surface area contributed by atoms with Gasteiger partial charge in [-0.3, -0.25) is 4.68 Å². The molecule has 0 saturated carbocycles. The van der Waals surface area contributed by atoms with Gasteiger partial charge in [0.2, 0.25) is 0 Å². The van der Waals surface area contributed by atoms with Gasteiger partial charge in [-0.05, 0) is 57.5 Å². The van der Waals surface area contributed by atoms with Crippen molar-refractivity contribution < 1.29 is 9.53 Å². The summed E-state index contributed by atoms with van der Waals surface area (Å²) in [6.45, 7) is 0.579. The Bertz CT molecular complexity index is 1290. The van der Waals surface area contributed by atoms with E-state index in [1.165, 1.54) is 18.4 Å². The second-order valence-electron chi connectivity index (χ2n) is 6.94. The third-order valence-electron chi connectivity index (χ3n) is 4.63. The maximum atomic E-state index is 12.3. The molecule has 0 unspecified atom stereocenters. The average molecular weight is 562 g/mol. The van der Waals surface area contributed by atoms with Crippen LogP contribution >= 0.6 is 51.1 Å². The molecule has 0 bridgehead atoms. The van der Waals surface area contributed by atoms with Crippen molar-refractivity contribution in [2.75, 3.05) is 17.7 Å². The average Bonchev–Trinajstić information content (AvgIpc) is 3.38. The van der Waals surface area contributed by atoms with E-state index in [1.807, 2.05) is 60.8 Å². The number of nitrogens with one attached hydrogen (secondary N) is 2. The number of ether oxygens (including phenoxy) is 1. The number of halogens is 2. The number of methoxy groups -OCH3 is 1. The summed E-state index contributed by atoms with van der Waals surface area (Å²) in [5.41, 5.74) is 2.48. The molecular formula is C23H18BrClN4O2S2. The van der Waals surface area contributed by atoms with Crippen molar-refractivity contribution in [3.05, 3.63) is 87.5 Å². The molecule has 10 heteroatoms. The molecule has 0 aliphatic heterocycles. The number of esters is 1. The lowest BCUT2D eigenvalue weighted by molar-refractivity contribution is 0.0602. The van der Waals surface area contributed by atoms with E-state index < -0.39 is 5.97 Å². The first kappa shape index (κ1) is 23.4. The second-order valence-corrected chi connectivity index (χ2v) is 9.69. The second kappa shape index (κ2) is 10.5. The number of hydrogen-bond donors (Lipinski definition) is 2. The highest BCUT2D eigenvalue weighted by Gasteiger charge is 2.19. The molecule has 0 aliphatic rings. The molecule has 4 rings (SSSR count). The summed E-state index contributed by atoms with van der Waals surface area (Å²) in [5, 5.41) is 12.3. The minimum absolute atomic E-state index is 0.305. The molecule has 2 aromatic carbocycles. The molecule has 0 amide bonds. The summed E-state index contributed by atoms with van der Waals surface area (Å²) >= 11 is 16.4. The van der Waals surface area contributed by atoms with Gasteiger partial charge >= 0.3 is 5.97 Å². The molecule has 2 heterocycles. The van der Waals surface area contributed by atoms with E-state index in [4.69, 9.17) is 28.6 Å². The maximum Gasteiger partial charge on any atom is 0.340 e. The number of hydrogen-bond acceptors (Lipinski definition) is 5. The summed E-state index contributed by atoms with van der Waals surface area (Å²) in [4.78, 5) is 13.2. The van der Waals surface area contributed by atoms with Crippen LogP contribution in [0.2, 0.25) is 5.02 Å². The van der Waals surface area contributed by atoms with Gasteiger partial charge in [-0.15, -0.1) is 11.3 Å². The third kappa shape index (κ3) is 5.80. The van der Waals surface area contributed by atoms with Crippen LogP contribution in [0.3, 0.4) is 0 Å². The normalized spacial score (nSPS) is 10.6. The Morgan fingerprint density at radius 3 is 2.61 bits per heavy atom. The molecule has 4 aromatic rings. The fourth-order valence-electron chi connectivity index (χ4n) is 3.07.